The van der Waals surface area contributed by atoms with Crippen LogP contribution in [0.5, 0.6) is 0 Å². The first-order valence-corrected chi connectivity index (χ1v) is 14.5. The van der Waals surface area contributed by atoms with E-state index in [1.807, 2.05) is 80.6 Å². The summed E-state index contributed by atoms with van der Waals surface area (Å²) in [5.74, 6) is 1.64. The fourth-order valence-electron chi connectivity index (χ4n) is 4.94. The van der Waals surface area contributed by atoms with Gasteiger partial charge in [-0.05, 0) is 61.7 Å². The number of carbonyl (C=O) groups excluding carboxylic acids is 1. The summed E-state index contributed by atoms with van der Waals surface area (Å²) in [5.41, 5.74) is 5.71. The van der Waals surface area contributed by atoms with Crippen molar-refractivity contribution >= 4 is 50.9 Å². The summed E-state index contributed by atoms with van der Waals surface area (Å²) in [6.07, 6.45) is 2.25. The molecule has 0 aliphatic carbocycles. The maximum atomic E-state index is 13.3. The van der Waals surface area contributed by atoms with Gasteiger partial charge in [-0.1, -0.05) is 62.0 Å². The highest BCUT2D eigenvalue weighted by Crippen LogP contribution is 2.29. The summed E-state index contributed by atoms with van der Waals surface area (Å²) in [6, 6.07) is 24.1. The average Bonchev–Trinajstić information content (AvgIpc) is 3.55. The molecule has 0 aliphatic heterocycles. The minimum Gasteiger partial charge on any atom is -0.328 e. The number of rotatable bonds is 9. The van der Waals surface area contributed by atoms with Gasteiger partial charge in [0.1, 0.15) is 5.82 Å². The summed E-state index contributed by atoms with van der Waals surface area (Å²) >= 11 is 1.42. The van der Waals surface area contributed by atoms with Crippen molar-refractivity contribution in [3.63, 3.8) is 0 Å². The lowest BCUT2D eigenvalue weighted by Crippen LogP contribution is -2.25. The second-order valence-electron chi connectivity index (χ2n) is 9.78. The van der Waals surface area contributed by atoms with E-state index in [-0.39, 0.29) is 11.2 Å². The molecule has 3 aromatic carbocycles. The third-order valence-electron chi connectivity index (χ3n) is 7.14. The largest absolute Gasteiger partial charge is 0.328 e. The maximum Gasteiger partial charge on any atom is 0.237 e. The molecule has 6 rings (SSSR count). The van der Waals surface area contributed by atoms with Crippen molar-refractivity contribution < 1.29 is 4.79 Å². The zero-order valence-electron chi connectivity index (χ0n) is 22.8. The second kappa shape index (κ2) is 11.1. The van der Waals surface area contributed by atoms with E-state index in [9.17, 15) is 4.79 Å². The van der Waals surface area contributed by atoms with Crippen LogP contribution in [0.4, 0.5) is 5.69 Å². The SMILES string of the molecule is CCc1ccc(NC(=O)C(CC)Sc2nc3ccccc3c3nc(CCn4c(C)nc5ccccc54)nn23)cc1. The van der Waals surface area contributed by atoms with E-state index in [0.29, 0.717) is 24.5 Å². The summed E-state index contributed by atoms with van der Waals surface area (Å²) < 4.78 is 4.00. The van der Waals surface area contributed by atoms with Gasteiger partial charge in [0.05, 0.1) is 21.8 Å². The lowest BCUT2D eigenvalue weighted by molar-refractivity contribution is -0.115. The number of hydrogen-bond acceptors (Lipinski definition) is 6. The van der Waals surface area contributed by atoms with Gasteiger partial charge in [0.2, 0.25) is 5.91 Å². The smallest absolute Gasteiger partial charge is 0.237 e. The number of nitrogens with one attached hydrogen (secondary N) is 1. The van der Waals surface area contributed by atoms with Crippen molar-refractivity contribution in [2.24, 2.45) is 0 Å². The molecule has 1 unspecified atom stereocenters. The minimum absolute atomic E-state index is 0.0531. The van der Waals surface area contributed by atoms with Crippen LogP contribution in [0.15, 0.2) is 78.0 Å². The predicted octanol–water partition coefficient (Wildman–Crippen LogP) is 6.25. The van der Waals surface area contributed by atoms with E-state index in [2.05, 4.69) is 27.9 Å². The van der Waals surface area contributed by atoms with Crippen LogP contribution < -0.4 is 5.32 Å². The highest BCUT2D eigenvalue weighted by molar-refractivity contribution is 8.00. The number of anilines is 1. The number of amides is 1. The lowest BCUT2D eigenvalue weighted by atomic mass is 10.1. The molecule has 0 radical (unpaired) electrons. The molecule has 0 saturated carbocycles. The van der Waals surface area contributed by atoms with Crippen molar-refractivity contribution in [1.29, 1.82) is 0 Å². The molecule has 0 spiro atoms. The number of carbonyl (C=O) groups is 1. The van der Waals surface area contributed by atoms with Gasteiger partial charge in [-0.25, -0.2) is 15.0 Å². The van der Waals surface area contributed by atoms with Crippen molar-refractivity contribution in [1.82, 2.24) is 29.1 Å². The zero-order valence-corrected chi connectivity index (χ0v) is 23.7. The van der Waals surface area contributed by atoms with Crippen LogP contribution in [-0.2, 0) is 24.2 Å². The van der Waals surface area contributed by atoms with Gasteiger partial charge in [0.25, 0.3) is 0 Å². The summed E-state index contributed by atoms with van der Waals surface area (Å²) in [5, 5.41) is 9.20. The molecule has 1 N–H and O–H groups in total. The molecule has 1 atom stereocenters. The van der Waals surface area contributed by atoms with Gasteiger partial charge < -0.3 is 9.88 Å². The molecule has 3 heterocycles. The Labute approximate surface area is 236 Å². The topological polar surface area (TPSA) is 90.0 Å². The van der Waals surface area contributed by atoms with E-state index < -0.39 is 0 Å². The standard InChI is InChI=1S/C31H31N7OS/c1-4-21-14-16-22(17-15-21)33-30(39)27(5-2)40-31-34-24-11-7-6-10-23(24)29-35-28(36-38(29)31)18-19-37-20(3)32-25-12-8-9-13-26(25)37/h6-17,27H,4-5,18-19H2,1-3H3,(H,33,39). The van der Waals surface area contributed by atoms with Crippen LogP contribution in [0.25, 0.3) is 27.6 Å². The maximum absolute atomic E-state index is 13.3. The molecule has 0 aliphatic rings. The molecule has 3 aromatic heterocycles. The van der Waals surface area contributed by atoms with Crippen LogP contribution in [0, 0.1) is 6.92 Å². The predicted molar refractivity (Wildman–Crippen MR) is 161 cm³/mol. The average molecular weight is 550 g/mol. The van der Waals surface area contributed by atoms with Crippen molar-refractivity contribution in [3.8, 4) is 0 Å². The number of hydrogen-bond donors (Lipinski definition) is 1. The number of imidazole rings is 1. The molecular formula is C31H31N7OS. The van der Waals surface area contributed by atoms with E-state index in [4.69, 9.17) is 15.1 Å². The first-order chi connectivity index (χ1) is 19.5. The molecule has 40 heavy (non-hydrogen) atoms. The van der Waals surface area contributed by atoms with Crippen LogP contribution >= 0.6 is 11.8 Å². The number of nitrogens with zero attached hydrogens (tertiary/aromatic N) is 6. The number of aromatic nitrogens is 6. The fraction of sp³-hybridized carbons (Fsp3) is 0.258. The van der Waals surface area contributed by atoms with Crippen LogP contribution in [0.1, 0.15) is 37.5 Å². The Balaban J connectivity index is 1.29. The van der Waals surface area contributed by atoms with Gasteiger partial charge in [-0.15, -0.1) is 5.10 Å². The van der Waals surface area contributed by atoms with Crippen LogP contribution in [0.2, 0.25) is 0 Å². The summed E-state index contributed by atoms with van der Waals surface area (Å²) in [7, 11) is 0. The quantitative estimate of drug-likeness (QED) is 0.169. The van der Waals surface area contributed by atoms with Crippen LogP contribution in [0.3, 0.4) is 0 Å². The molecule has 6 aromatic rings. The fourth-order valence-corrected chi connectivity index (χ4v) is 5.91. The monoisotopic (exact) mass is 549 g/mol. The third kappa shape index (κ3) is 5.04. The molecule has 202 valence electrons. The first-order valence-electron chi connectivity index (χ1n) is 13.7. The Hall–Kier alpha value is -4.24. The van der Waals surface area contributed by atoms with Gasteiger partial charge in [0.15, 0.2) is 16.6 Å². The van der Waals surface area contributed by atoms with Crippen molar-refractivity contribution in [2.75, 3.05) is 5.32 Å². The number of thioether (sulfide) groups is 1. The Morgan fingerprint density at radius 1 is 0.925 bits per heavy atom. The molecule has 1 amide bonds. The van der Waals surface area contributed by atoms with Gasteiger partial charge in [-0.2, -0.15) is 4.52 Å². The highest BCUT2D eigenvalue weighted by Gasteiger charge is 2.23. The van der Waals surface area contributed by atoms with E-state index >= 15 is 0 Å². The Morgan fingerprint density at radius 2 is 1.68 bits per heavy atom. The molecule has 9 heteroatoms. The van der Waals surface area contributed by atoms with E-state index in [0.717, 1.165) is 51.3 Å². The molecular weight excluding hydrogens is 518 g/mol. The summed E-state index contributed by atoms with van der Waals surface area (Å²) in [6.45, 7) is 6.87. The van der Waals surface area contributed by atoms with E-state index in [1.54, 1.807) is 4.52 Å². The Morgan fingerprint density at radius 3 is 2.45 bits per heavy atom. The minimum atomic E-state index is -0.338. The van der Waals surface area contributed by atoms with Gasteiger partial charge >= 0.3 is 0 Å². The summed E-state index contributed by atoms with van der Waals surface area (Å²) in [4.78, 5) is 27.8. The number of para-hydroxylation sites is 3. The first kappa shape index (κ1) is 26.0. The third-order valence-corrected chi connectivity index (χ3v) is 8.45. The zero-order chi connectivity index (χ0) is 27.6. The number of benzene rings is 3. The normalized spacial score (nSPS) is 12.4. The molecule has 0 saturated heterocycles. The van der Waals surface area contributed by atoms with E-state index in [1.165, 1.54) is 17.3 Å². The molecule has 8 nitrogen and oxygen atoms in total. The molecule has 0 fully saturated rings. The van der Waals surface area contributed by atoms with Gasteiger partial charge in [-0.3, -0.25) is 4.79 Å². The Bertz CT molecular complexity index is 1820. The molecule has 0 bridgehead atoms. The second-order valence-corrected chi connectivity index (χ2v) is 10.9. The van der Waals surface area contributed by atoms with Gasteiger partial charge in [0, 0.05) is 24.0 Å². The van der Waals surface area contributed by atoms with Crippen LogP contribution in [-0.4, -0.2) is 40.3 Å². The number of aryl methyl sites for hydroxylation is 4. The Kier molecular flexibility index (Phi) is 7.21. The lowest BCUT2D eigenvalue weighted by Gasteiger charge is -2.15. The van der Waals surface area contributed by atoms with Crippen molar-refractivity contribution in [2.45, 2.75) is 57.0 Å². The van der Waals surface area contributed by atoms with Crippen molar-refractivity contribution in [3.05, 3.63) is 90.0 Å². The number of fused-ring (bicyclic) bond motifs is 4. The highest BCUT2D eigenvalue weighted by atomic mass is 32.2.